The van der Waals surface area contributed by atoms with Gasteiger partial charge >= 0.3 is 0 Å². The smallest absolute Gasteiger partial charge is 0.150 e. The molecule has 2 unspecified atom stereocenters. The first-order valence-electron chi connectivity index (χ1n) is 9.25. The van der Waals surface area contributed by atoms with Gasteiger partial charge in [0.2, 0.25) is 0 Å². The molecule has 2 aliphatic rings. The van der Waals surface area contributed by atoms with E-state index in [0.29, 0.717) is 17.4 Å². The average Bonchev–Trinajstić information content (AvgIpc) is 3.14. The van der Waals surface area contributed by atoms with Gasteiger partial charge in [-0.1, -0.05) is 50.6 Å². The SMILES string of the molecule is CCCC(CC)SC1=NC2CC=NN2C(NCc2ccccc2)=C1C#N. The molecule has 0 fully saturated rings. The van der Waals surface area contributed by atoms with E-state index in [1.54, 1.807) is 11.8 Å². The average molecular weight is 368 g/mol. The fourth-order valence-electron chi connectivity index (χ4n) is 3.10. The second kappa shape index (κ2) is 8.91. The molecular weight excluding hydrogens is 342 g/mol. The molecule has 0 radical (unpaired) electrons. The number of hydrogen-bond donors (Lipinski definition) is 1. The summed E-state index contributed by atoms with van der Waals surface area (Å²) < 4.78 is 0. The fourth-order valence-corrected chi connectivity index (χ4v) is 4.38. The van der Waals surface area contributed by atoms with Crippen molar-refractivity contribution < 1.29 is 0 Å². The van der Waals surface area contributed by atoms with Crippen LogP contribution < -0.4 is 5.32 Å². The highest BCUT2D eigenvalue weighted by atomic mass is 32.2. The van der Waals surface area contributed by atoms with Crippen LogP contribution in [0.3, 0.4) is 0 Å². The second-order valence-corrected chi connectivity index (χ2v) is 7.69. The molecule has 1 aromatic rings. The number of fused-ring (bicyclic) bond motifs is 1. The van der Waals surface area contributed by atoms with E-state index in [-0.39, 0.29) is 6.17 Å². The van der Waals surface area contributed by atoms with Crippen molar-refractivity contribution in [1.82, 2.24) is 10.3 Å². The number of nitriles is 1. The van der Waals surface area contributed by atoms with Crippen molar-refractivity contribution in [2.75, 3.05) is 0 Å². The molecule has 0 spiro atoms. The van der Waals surface area contributed by atoms with E-state index in [0.717, 1.165) is 36.5 Å². The van der Waals surface area contributed by atoms with Gasteiger partial charge in [-0.2, -0.15) is 10.4 Å². The lowest BCUT2D eigenvalue weighted by Gasteiger charge is -2.31. The second-order valence-electron chi connectivity index (χ2n) is 6.40. The molecular formula is C20H25N5S. The van der Waals surface area contributed by atoms with E-state index in [9.17, 15) is 5.26 Å². The van der Waals surface area contributed by atoms with Gasteiger partial charge in [-0.05, 0) is 18.4 Å². The maximum absolute atomic E-state index is 9.84. The maximum Gasteiger partial charge on any atom is 0.150 e. The number of aliphatic imine (C=N–C) groups is 1. The Morgan fingerprint density at radius 2 is 2.15 bits per heavy atom. The predicted molar refractivity (Wildman–Crippen MR) is 109 cm³/mol. The van der Waals surface area contributed by atoms with Crippen LogP contribution in [0, 0.1) is 11.3 Å². The van der Waals surface area contributed by atoms with Crippen LogP contribution in [-0.4, -0.2) is 27.7 Å². The highest BCUT2D eigenvalue weighted by Gasteiger charge is 2.33. The van der Waals surface area contributed by atoms with Crippen LogP contribution in [0.5, 0.6) is 0 Å². The molecule has 2 heterocycles. The normalized spacial score (nSPS) is 19.8. The van der Waals surface area contributed by atoms with Gasteiger partial charge in [0.25, 0.3) is 0 Å². The van der Waals surface area contributed by atoms with Crippen LogP contribution in [0.15, 0.2) is 51.8 Å². The van der Waals surface area contributed by atoms with Crippen molar-refractivity contribution in [3.05, 3.63) is 47.3 Å². The summed E-state index contributed by atoms with van der Waals surface area (Å²) in [5, 5.41) is 20.9. The molecule has 2 aliphatic heterocycles. The monoisotopic (exact) mass is 367 g/mol. The van der Waals surface area contributed by atoms with Crippen LogP contribution >= 0.6 is 11.8 Å². The molecule has 1 N–H and O–H groups in total. The maximum atomic E-state index is 9.84. The number of hydrazone groups is 1. The lowest BCUT2D eigenvalue weighted by Crippen LogP contribution is -2.38. The van der Waals surface area contributed by atoms with E-state index in [2.05, 4.69) is 42.5 Å². The van der Waals surface area contributed by atoms with Gasteiger partial charge in [0.1, 0.15) is 28.7 Å². The van der Waals surface area contributed by atoms with Crippen LogP contribution in [0.4, 0.5) is 0 Å². The number of rotatable bonds is 7. The number of benzene rings is 1. The van der Waals surface area contributed by atoms with Gasteiger partial charge in [-0.3, -0.25) is 0 Å². The van der Waals surface area contributed by atoms with E-state index >= 15 is 0 Å². The summed E-state index contributed by atoms with van der Waals surface area (Å²) in [6.07, 6.45) is 5.98. The van der Waals surface area contributed by atoms with E-state index < -0.39 is 0 Å². The molecule has 0 bridgehead atoms. The third kappa shape index (κ3) is 4.10. The van der Waals surface area contributed by atoms with Gasteiger partial charge < -0.3 is 5.32 Å². The standard InChI is InChI=1S/C20H25N5S/c1-3-8-16(4-2)26-20-17(13-21)19(25-18(24-20)11-12-23-25)22-14-15-9-6-5-7-10-15/h5-7,9-10,12,16,18,22H,3-4,8,11,14H2,1-2H3. The van der Waals surface area contributed by atoms with Crippen LogP contribution in [-0.2, 0) is 6.54 Å². The zero-order valence-corrected chi connectivity index (χ0v) is 16.2. The predicted octanol–water partition coefficient (Wildman–Crippen LogP) is 4.25. The number of nitrogens with one attached hydrogen (secondary N) is 1. The molecule has 3 rings (SSSR count). The van der Waals surface area contributed by atoms with Crippen LogP contribution in [0.1, 0.15) is 45.1 Å². The Morgan fingerprint density at radius 3 is 2.85 bits per heavy atom. The molecule has 6 heteroatoms. The van der Waals surface area contributed by atoms with E-state index in [1.165, 1.54) is 5.56 Å². The number of thioether (sulfide) groups is 1. The van der Waals surface area contributed by atoms with Crippen molar-refractivity contribution in [2.24, 2.45) is 10.1 Å². The third-order valence-electron chi connectivity index (χ3n) is 4.51. The Hall–Kier alpha value is -2.26. The van der Waals surface area contributed by atoms with E-state index in [1.807, 2.05) is 29.4 Å². The summed E-state index contributed by atoms with van der Waals surface area (Å²) in [6.45, 7) is 5.06. The summed E-state index contributed by atoms with van der Waals surface area (Å²) >= 11 is 1.74. The molecule has 1 aromatic carbocycles. The molecule has 2 atom stereocenters. The lowest BCUT2D eigenvalue weighted by molar-refractivity contribution is 0.275. The molecule has 0 saturated heterocycles. The van der Waals surface area contributed by atoms with Gasteiger partial charge in [0.15, 0.2) is 0 Å². The van der Waals surface area contributed by atoms with Crippen molar-refractivity contribution in [3.8, 4) is 6.07 Å². The van der Waals surface area contributed by atoms with Crippen LogP contribution in [0.2, 0.25) is 0 Å². The highest BCUT2D eigenvalue weighted by molar-refractivity contribution is 8.15. The van der Waals surface area contributed by atoms with Gasteiger partial charge in [-0.25, -0.2) is 10.0 Å². The zero-order valence-electron chi connectivity index (χ0n) is 15.4. The largest absolute Gasteiger partial charge is 0.365 e. The van der Waals surface area contributed by atoms with Crippen LogP contribution in [0.25, 0.3) is 0 Å². The number of nitrogens with zero attached hydrogens (tertiary/aromatic N) is 4. The molecule has 26 heavy (non-hydrogen) atoms. The Kier molecular flexibility index (Phi) is 6.35. The first-order valence-corrected chi connectivity index (χ1v) is 10.1. The Labute approximate surface area is 159 Å². The first-order chi connectivity index (χ1) is 12.8. The minimum absolute atomic E-state index is 0.0352. The molecule has 136 valence electrons. The summed E-state index contributed by atoms with van der Waals surface area (Å²) in [6, 6.07) is 12.6. The third-order valence-corrected chi connectivity index (χ3v) is 5.94. The van der Waals surface area contributed by atoms with E-state index in [4.69, 9.17) is 4.99 Å². The topological polar surface area (TPSA) is 63.8 Å². The highest BCUT2D eigenvalue weighted by Crippen LogP contribution is 2.33. The molecule has 0 saturated carbocycles. The molecule has 0 aromatic heterocycles. The van der Waals surface area contributed by atoms with Gasteiger partial charge in [0, 0.05) is 24.4 Å². The van der Waals surface area contributed by atoms with Crippen molar-refractivity contribution in [2.45, 2.75) is 57.5 Å². The minimum Gasteiger partial charge on any atom is -0.365 e. The molecule has 0 amide bonds. The van der Waals surface area contributed by atoms with Crippen molar-refractivity contribution >= 4 is 23.0 Å². The summed E-state index contributed by atoms with van der Waals surface area (Å²) in [7, 11) is 0. The Balaban J connectivity index is 1.85. The van der Waals surface area contributed by atoms with Crippen molar-refractivity contribution in [3.63, 3.8) is 0 Å². The Morgan fingerprint density at radius 1 is 1.35 bits per heavy atom. The van der Waals surface area contributed by atoms with Gasteiger partial charge in [-0.15, -0.1) is 11.8 Å². The fraction of sp³-hybridized carbons (Fsp3) is 0.450. The molecule has 5 nitrogen and oxygen atoms in total. The summed E-state index contributed by atoms with van der Waals surface area (Å²) in [5.41, 5.74) is 1.78. The zero-order chi connectivity index (χ0) is 18.4. The lowest BCUT2D eigenvalue weighted by atomic mass is 10.2. The Bertz CT molecular complexity index is 747. The summed E-state index contributed by atoms with van der Waals surface area (Å²) in [5.74, 6) is 0.777. The first kappa shape index (κ1) is 18.5. The van der Waals surface area contributed by atoms with Crippen molar-refractivity contribution in [1.29, 1.82) is 5.26 Å². The quantitative estimate of drug-likeness (QED) is 0.782. The summed E-state index contributed by atoms with van der Waals surface area (Å²) in [4.78, 5) is 4.83. The number of hydrogen-bond acceptors (Lipinski definition) is 6. The minimum atomic E-state index is -0.0352. The molecule has 0 aliphatic carbocycles. The van der Waals surface area contributed by atoms with Gasteiger partial charge in [0.05, 0.1) is 0 Å².